The van der Waals surface area contributed by atoms with E-state index in [0.717, 1.165) is 16.8 Å². The first-order chi connectivity index (χ1) is 9.21. The van der Waals surface area contributed by atoms with Gasteiger partial charge in [-0.1, -0.05) is 58.4 Å². The lowest BCUT2D eigenvalue weighted by Crippen LogP contribution is -2.31. The van der Waals surface area contributed by atoms with Gasteiger partial charge in [-0.25, -0.2) is 0 Å². The molecule has 1 aliphatic rings. The molecule has 0 aromatic heterocycles. The van der Waals surface area contributed by atoms with Crippen molar-refractivity contribution in [1.29, 1.82) is 0 Å². The molecule has 2 aromatic carbocycles. The highest BCUT2D eigenvalue weighted by molar-refractivity contribution is 9.10. The fraction of sp³-hybridized carbons (Fsp3) is 0.125. The summed E-state index contributed by atoms with van der Waals surface area (Å²) in [4.78, 5) is 0. The van der Waals surface area contributed by atoms with Crippen LogP contribution in [0.4, 0.5) is 0 Å². The predicted molar refractivity (Wildman–Crippen MR) is 81.6 cm³/mol. The number of hydrogen-bond donors (Lipinski definition) is 2. The summed E-state index contributed by atoms with van der Waals surface area (Å²) in [7, 11) is 0. The van der Waals surface area contributed by atoms with Gasteiger partial charge in [0, 0.05) is 11.0 Å². The minimum absolute atomic E-state index is 0.185. The molecule has 2 nitrogen and oxygen atoms in total. The lowest BCUT2D eigenvalue weighted by molar-refractivity contribution is 0.642. The van der Waals surface area contributed by atoms with E-state index in [1.165, 1.54) is 11.1 Å². The summed E-state index contributed by atoms with van der Waals surface area (Å²) < 4.78 is 1.08. The van der Waals surface area contributed by atoms with Gasteiger partial charge in [-0.05, 0) is 29.3 Å². The van der Waals surface area contributed by atoms with Gasteiger partial charge in [-0.3, -0.25) is 0 Å². The van der Waals surface area contributed by atoms with Crippen molar-refractivity contribution in [2.45, 2.75) is 5.41 Å². The predicted octanol–water partition coefficient (Wildman–Crippen LogP) is 3.14. The third kappa shape index (κ3) is 2.15. The highest BCUT2D eigenvalue weighted by Gasteiger charge is 2.36. The van der Waals surface area contributed by atoms with E-state index in [1.807, 2.05) is 12.1 Å². The Hall–Kier alpha value is -1.74. The number of benzene rings is 2. The number of halogens is 1. The standard InChI is InChI=1S/C16H15BrN2/c17-14-8-4-7-13(9-14)16(10-15(18)19-11-16)12-5-2-1-3-6-12/h1-10,19H,11,18H2. The molecular formula is C16H15BrN2. The molecule has 0 saturated heterocycles. The van der Waals surface area contributed by atoms with Gasteiger partial charge >= 0.3 is 0 Å². The van der Waals surface area contributed by atoms with Crippen molar-refractivity contribution in [3.8, 4) is 0 Å². The number of rotatable bonds is 2. The average Bonchev–Trinajstić information content (AvgIpc) is 2.83. The summed E-state index contributed by atoms with van der Waals surface area (Å²) in [6.07, 6.45) is 2.12. The summed E-state index contributed by atoms with van der Waals surface area (Å²) >= 11 is 3.55. The van der Waals surface area contributed by atoms with E-state index in [2.05, 4.69) is 69.8 Å². The van der Waals surface area contributed by atoms with E-state index < -0.39 is 0 Å². The van der Waals surface area contributed by atoms with E-state index in [1.54, 1.807) is 0 Å². The van der Waals surface area contributed by atoms with Crippen LogP contribution in [0.15, 0.2) is 71.0 Å². The highest BCUT2D eigenvalue weighted by atomic mass is 79.9. The number of hydrogen-bond acceptors (Lipinski definition) is 2. The molecule has 1 unspecified atom stereocenters. The van der Waals surface area contributed by atoms with Crippen molar-refractivity contribution in [3.63, 3.8) is 0 Å². The van der Waals surface area contributed by atoms with Crippen molar-refractivity contribution >= 4 is 15.9 Å². The smallest absolute Gasteiger partial charge is 0.0932 e. The molecule has 0 fully saturated rings. The summed E-state index contributed by atoms with van der Waals surface area (Å²) in [5.74, 6) is 0.740. The minimum atomic E-state index is -0.185. The first-order valence-electron chi connectivity index (χ1n) is 6.24. The topological polar surface area (TPSA) is 38.0 Å². The second kappa shape index (κ2) is 4.74. The van der Waals surface area contributed by atoms with Crippen LogP contribution in [0.1, 0.15) is 11.1 Å². The van der Waals surface area contributed by atoms with E-state index in [4.69, 9.17) is 5.73 Å². The average molecular weight is 315 g/mol. The Kier molecular flexibility index (Phi) is 3.07. The Labute approximate surface area is 121 Å². The second-order valence-corrected chi connectivity index (χ2v) is 5.72. The Morgan fingerprint density at radius 3 is 2.37 bits per heavy atom. The van der Waals surface area contributed by atoms with Crippen LogP contribution in [-0.2, 0) is 5.41 Å². The molecule has 3 N–H and O–H groups in total. The quantitative estimate of drug-likeness (QED) is 0.893. The Bertz CT molecular complexity index is 622. The molecule has 0 bridgehead atoms. The molecule has 96 valence electrons. The molecule has 0 saturated carbocycles. The fourth-order valence-electron chi connectivity index (χ4n) is 2.65. The van der Waals surface area contributed by atoms with Crippen molar-refractivity contribution in [1.82, 2.24) is 5.32 Å². The van der Waals surface area contributed by atoms with E-state index in [9.17, 15) is 0 Å². The van der Waals surface area contributed by atoms with Crippen LogP contribution in [0, 0.1) is 0 Å². The zero-order valence-corrected chi connectivity index (χ0v) is 12.0. The monoisotopic (exact) mass is 314 g/mol. The summed E-state index contributed by atoms with van der Waals surface area (Å²) in [5, 5.41) is 3.25. The third-order valence-electron chi connectivity index (χ3n) is 3.60. The maximum atomic E-state index is 5.96. The molecule has 0 spiro atoms. The van der Waals surface area contributed by atoms with Gasteiger partial charge in [0.1, 0.15) is 0 Å². The molecule has 0 amide bonds. The van der Waals surface area contributed by atoms with Gasteiger partial charge in [0.05, 0.1) is 11.2 Å². The van der Waals surface area contributed by atoms with Crippen molar-refractivity contribution in [2.75, 3.05) is 6.54 Å². The maximum absolute atomic E-state index is 5.96. The van der Waals surface area contributed by atoms with Crippen LogP contribution < -0.4 is 11.1 Å². The van der Waals surface area contributed by atoms with E-state index >= 15 is 0 Å². The summed E-state index contributed by atoms with van der Waals surface area (Å²) in [6.45, 7) is 0.791. The molecule has 0 radical (unpaired) electrons. The molecule has 1 heterocycles. The van der Waals surface area contributed by atoms with Gasteiger partial charge in [0.15, 0.2) is 0 Å². The lowest BCUT2D eigenvalue weighted by atomic mass is 9.75. The Morgan fingerprint density at radius 1 is 1.00 bits per heavy atom. The Balaban J connectivity index is 2.19. The van der Waals surface area contributed by atoms with Crippen LogP contribution in [0.3, 0.4) is 0 Å². The number of nitrogens with two attached hydrogens (primary N) is 1. The van der Waals surface area contributed by atoms with Gasteiger partial charge in [-0.15, -0.1) is 0 Å². The van der Waals surface area contributed by atoms with Crippen LogP contribution in [-0.4, -0.2) is 6.54 Å². The van der Waals surface area contributed by atoms with Crippen LogP contribution in [0.2, 0.25) is 0 Å². The first kappa shape index (κ1) is 12.3. The summed E-state index contributed by atoms with van der Waals surface area (Å²) in [6, 6.07) is 18.9. The molecule has 1 aliphatic heterocycles. The highest BCUT2D eigenvalue weighted by Crippen LogP contribution is 2.37. The van der Waals surface area contributed by atoms with Crippen molar-refractivity contribution < 1.29 is 0 Å². The maximum Gasteiger partial charge on any atom is 0.0932 e. The van der Waals surface area contributed by atoms with Gasteiger partial charge < -0.3 is 11.1 Å². The molecular weight excluding hydrogens is 300 g/mol. The zero-order valence-electron chi connectivity index (χ0n) is 10.4. The zero-order chi connectivity index (χ0) is 13.3. The van der Waals surface area contributed by atoms with Crippen molar-refractivity contribution in [2.24, 2.45) is 5.73 Å². The van der Waals surface area contributed by atoms with E-state index in [-0.39, 0.29) is 5.41 Å². The first-order valence-corrected chi connectivity index (χ1v) is 7.04. The summed E-state index contributed by atoms with van der Waals surface area (Å²) in [5.41, 5.74) is 8.26. The molecule has 2 aromatic rings. The fourth-order valence-corrected chi connectivity index (χ4v) is 3.05. The molecule has 3 rings (SSSR count). The van der Waals surface area contributed by atoms with Crippen LogP contribution >= 0.6 is 15.9 Å². The SMILES string of the molecule is NC1=CC(c2ccccc2)(c2cccc(Br)c2)CN1. The molecule has 0 aliphatic carbocycles. The normalized spacial score (nSPS) is 21.8. The molecule has 19 heavy (non-hydrogen) atoms. The van der Waals surface area contributed by atoms with Gasteiger partial charge in [0.2, 0.25) is 0 Å². The van der Waals surface area contributed by atoms with Gasteiger partial charge in [0.25, 0.3) is 0 Å². The Morgan fingerprint density at radius 2 is 1.74 bits per heavy atom. The molecule has 1 atom stereocenters. The largest absolute Gasteiger partial charge is 0.386 e. The van der Waals surface area contributed by atoms with E-state index in [0.29, 0.717) is 0 Å². The lowest BCUT2D eigenvalue weighted by Gasteiger charge is -2.28. The van der Waals surface area contributed by atoms with Crippen LogP contribution in [0.25, 0.3) is 0 Å². The second-order valence-electron chi connectivity index (χ2n) is 4.80. The van der Waals surface area contributed by atoms with Crippen molar-refractivity contribution in [3.05, 3.63) is 82.1 Å². The molecule has 3 heteroatoms. The number of nitrogens with one attached hydrogen (secondary N) is 1. The van der Waals surface area contributed by atoms with Gasteiger partial charge in [-0.2, -0.15) is 0 Å². The third-order valence-corrected chi connectivity index (χ3v) is 4.10. The van der Waals surface area contributed by atoms with Crippen LogP contribution in [0.5, 0.6) is 0 Å². The minimum Gasteiger partial charge on any atom is -0.386 e.